The Hall–Kier alpha value is -3.39. The molecule has 1 atom stereocenters. The summed E-state index contributed by atoms with van der Waals surface area (Å²) in [5, 5.41) is 11.3. The Morgan fingerprint density at radius 3 is 2.25 bits per heavy atom. The van der Waals surface area contributed by atoms with Gasteiger partial charge in [-0.1, -0.05) is 26.0 Å². The van der Waals surface area contributed by atoms with Crippen molar-refractivity contribution in [3.05, 3.63) is 59.4 Å². The number of amides is 1. The van der Waals surface area contributed by atoms with Crippen LogP contribution in [0.4, 0.5) is 0 Å². The maximum Gasteiger partial charge on any atom is 0.295 e. The number of pyridine rings is 1. The van der Waals surface area contributed by atoms with Gasteiger partial charge in [0.25, 0.3) is 11.7 Å². The number of nitrogens with zero attached hydrogens (tertiary/aromatic N) is 3. The zero-order valence-electron chi connectivity index (χ0n) is 18.9. The minimum Gasteiger partial charge on any atom is -0.506 e. The lowest BCUT2D eigenvalue weighted by molar-refractivity contribution is -0.140. The summed E-state index contributed by atoms with van der Waals surface area (Å²) >= 11 is 0. The van der Waals surface area contributed by atoms with Gasteiger partial charge in [0.1, 0.15) is 28.9 Å². The van der Waals surface area contributed by atoms with Crippen molar-refractivity contribution < 1.29 is 24.2 Å². The third kappa shape index (κ3) is 4.31. The number of ether oxygens (including phenoxy) is 2. The van der Waals surface area contributed by atoms with E-state index in [9.17, 15) is 14.7 Å². The van der Waals surface area contributed by atoms with E-state index in [1.807, 2.05) is 13.8 Å². The van der Waals surface area contributed by atoms with Crippen LogP contribution >= 0.6 is 0 Å². The summed E-state index contributed by atoms with van der Waals surface area (Å²) in [7, 11) is 2.93. The zero-order valence-corrected chi connectivity index (χ0v) is 18.9. The van der Waals surface area contributed by atoms with Crippen LogP contribution < -0.4 is 9.47 Å². The first-order chi connectivity index (χ1) is 15.5. The summed E-state index contributed by atoms with van der Waals surface area (Å²) in [5.74, 6) is -1.11. The van der Waals surface area contributed by atoms with E-state index in [1.54, 1.807) is 42.6 Å². The van der Waals surface area contributed by atoms with Gasteiger partial charge in [-0.25, -0.2) is 0 Å². The van der Waals surface area contributed by atoms with Crippen LogP contribution in [0.2, 0.25) is 0 Å². The van der Waals surface area contributed by atoms with Crippen molar-refractivity contribution >= 4 is 17.4 Å². The molecule has 2 heterocycles. The molecule has 1 fully saturated rings. The molecule has 0 saturated carbocycles. The second-order valence-electron chi connectivity index (χ2n) is 7.31. The van der Waals surface area contributed by atoms with Gasteiger partial charge in [-0.3, -0.25) is 14.6 Å². The van der Waals surface area contributed by atoms with Gasteiger partial charge >= 0.3 is 0 Å². The van der Waals surface area contributed by atoms with Crippen molar-refractivity contribution in [3.63, 3.8) is 0 Å². The molecule has 3 rings (SSSR count). The van der Waals surface area contributed by atoms with E-state index in [4.69, 9.17) is 9.47 Å². The summed E-state index contributed by atoms with van der Waals surface area (Å²) in [6.07, 6.45) is 1.60. The molecule has 0 aliphatic carbocycles. The average Bonchev–Trinajstić information content (AvgIpc) is 3.09. The second-order valence-corrected chi connectivity index (χ2v) is 7.31. The van der Waals surface area contributed by atoms with Gasteiger partial charge in [0, 0.05) is 19.3 Å². The monoisotopic (exact) mass is 439 g/mol. The molecule has 1 unspecified atom stereocenters. The van der Waals surface area contributed by atoms with Gasteiger partial charge < -0.3 is 24.4 Å². The molecule has 1 aromatic carbocycles. The average molecular weight is 440 g/mol. The Morgan fingerprint density at radius 2 is 1.72 bits per heavy atom. The highest BCUT2D eigenvalue weighted by Crippen LogP contribution is 2.42. The number of hydrogen-bond acceptors (Lipinski definition) is 7. The van der Waals surface area contributed by atoms with Crippen molar-refractivity contribution in [1.82, 2.24) is 14.8 Å². The van der Waals surface area contributed by atoms with Gasteiger partial charge in [0.05, 0.1) is 25.5 Å². The lowest BCUT2D eigenvalue weighted by Gasteiger charge is -2.27. The Labute approximate surface area is 188 Å². The minimum atomic E-state index is -0.818. The standard InChI is InChI=1S/C24H29N3O5/c1-5-26(6-2)14-15-27-21(16-10-7-8-13-25-16)20(23(29)24(27)30)22(28)19-17(31-3)11-9-12-18(19)32-4/h7-13,21,28H,5-6,14-15H2,1-4H3/b22-20+. The van der Waals surface area contributed by atoms with Crippen LogP contribution in [0.15, 0.2) is 48.2 Å². The fourth-order valence-electron chi connectivity index (χ4n) is 3.96. The van der Waals surface area contributed by atoms with Crippen molar-refractivity contribution in [1.29, 1.82) is 0 Å². The summed E-state index contributed by atoms with van der Waals surface area (Å²) < 4.78 is 10.8. The predicted octanol–water partition coefficient (Wildman–Crippen LogP) is 2.86. The number of methoxy groups -OCH3 is 2. The van der Waals surface area contributed by atoms with E-state index in [0.29, 0.717) is 30.3 Å². The maximum absolute atomic E-state index is 13.2. The van der Waals surface area contributed by atoms with E-state index in [1.165, 1.54) is 19.1 Å². The van der Waals surface area contributed by atoms with Crippen molar-refractivity contribution in [2.24, 2.45) is 0 Å². The van der Waals surface area contributed by atoms with E-state index in [0.717, 1.165) is 13.1 Å². The molecule has 1 amide bonds. The molecule has 0 spiro atoms. The van der Waals surface area contributed by atoms with Crippen LogP contribution in [0, 0.1) is 0 Å². The number of aliphatic hydroxyl groups excluding tert-OH is 1. The van der Waals surface area contributed by atoms with Gasteiger partial charge in [-0.15, -0.1) is 0 Å². The number of aromatic nitrogens is 1. The summed E-state index contributed by atoms with van der Waals surface area (Å²) in [6.45, 7) is 6.67. The van der Waals surface area contributed by atoms with E-state index in [2.05, 4.69) is 9.88 Å². The molecule has 1 saturated heterocycles. The third-order valence-corrected chi connectivity index (χ3v) is 5.72. The largest absolute Gasteiger partial charge is 0.506 e. The van der Waals surface area contributed by atoms with E-state index < -0.39 is 17.7 Å². The molecule has 1 aromatic heterocycles. The van der Waals surface area contributed by atoms with Gasteiger partial charge in [0.2, 0.25) is 0 Å². The van der Waals surface area contributed by atoms with Gasteiger partial charge in [0.15, 0.2) is 0 Å². The number of Topliss-reactive ketones (excluding diaryl/α,β-unsaturated/α-hetero) is 1. The number of aliphatic hydroxyl groups is 1. The normalized spacial score (nSPS) is 17.8. The molecule has 32 heavy (non-hydrogen) atoms. The molecule has 0 radical (unpaired) electrons. The SMILES string of the molecule is CCN(CC)CCN1C(=O)C(=O)/C(=C(/O)c2c(OC)cccc2OC)C1c1ccccn1. The first-order valence-corrected chi connectivity index (χ1v) is 10.6. The second kappa shape index (κ2) is 10.3. The van der Waals surface area contributed by atoms with Gasteiger partial charge in [-0.2, -0.15) is 0 Å². The predicted molar refractivity (Wildman–Crippen MR) is 121 cm³/mol. The van der Waals surface area contributed by atoms with Crippen molar-refractivity contribution in [2.75, 3.05) is 40.4 Å². The fraction of sp³-hybridized carbons (Fsp3) is 0.375. The number of likely N-dealkylation sites (tertiary alicyclic amines) is 1. The molecular weight excluding hydrogens is 410 g/mol. The summed E-state index contributed by atoms with van der Waals surface area (Å²) in [4.78, 5) is 34.3. The molecule has 8 heteroatoms. The quantitative estimate of drug-likeness (QED) is 0.365. The molecular formula is C24H29N3O5. The molecule has 8 nitrogen and oxygen atoms in total. The Kier molecular flexibility index (Phi) is 7.48. The third-order valence-electron chi connectivity index (χ3n) is 5.72. The Morgan fingerprint density at radius 1 is 1.06 bits per heavy atom. The number of carbonyl (C=O) groups is 2. The first kappa shape index (κ1) is 23.3. The highest BCUT2D eigenvalue weighted by Gasteiger charge is 2.47. The van der Waals surface area contributed by atoms with Crippen LogP contribution in [0.5, 0.6) is 11.5 Å². The van der Waals surface area contributed by atoms with Crippen LogP contribution in [0.25, 0.3) is 5.76 Å². The topological polar surface area (TPSA) is 92.2 Å². The number of carbonyl (C=O) groups excluding carboxylic acids is 2. The van der Waals surface area contributed by atoms with Crippen LogP contribution in [0.1, 0.15) is 31.1 Å². The first-order valence-electron chi connectivity index (χ1n) is 10.6. The minimum absolute atomic E-state index is 0.0314. The van der Waals surface area contributed by atoms with E-state index in [-0.39, 0.29) is 16.9 Å². The summed E-state index contributed by atoms with van der Waals surface area (Å²) in [5.41, 5.74) is 0.692. The zero-order chi connectivity index (χ0) is 23.3. The molecule has 1 aliphatic rings. The number of ketones is 1. The smallest absolute Gasteiger partial charge is 0.295 e. The fourth-order valence-corrected chi connectivity index (χ4v) is 3.96. The van der Waals surface area contributed by atoms with Crippen LogP contribution in [-0.4, -0.2) is 72.0 Å². The molecule has 2 aromatic rings. The van der Waals surface area contributed by atoms with Crippen molar-refractivity contribution in [3.8, 4) is 11.5 Å². The van der Waals surface area contributed by atoms with E-state index >= 15 is 0 Å². The Bertz CT molecular complexity index is 980. The van der Waals surface area contributed by atoms with Crippen LogP contribution in [0.3, 0.4) is 0 Å². The number of benzene rings is 1. The highest BCUT2D eigenvalue weighted by atomic mass is 16.5. The van der Waals surface area contributed by atoms with Crippen molar-refractivity contribution in [2.45, 2.75) is 19.9 Å². The number of hydrogen-bond donors (Lipinski definition) is 1. The lowest BCUT2D eigenvalue weighted by Crippen LogP contribution is -2.38. The highest BCUT2D eigenvalue weighted by molar-refractivity contribution is 6.46. The molecule has 0 bridgehead atoms. The number of likely N-dealkylation sites (N-methyl/N-ethyl adjacent to an activating group) is 1. The molecule has 1 N–H and O–H groups in total. The molecule has 1 aliphatic heterocycles. The lowest BCUT2D eigenvalue weighted by atomic mass is 9.97. The number of rotatable bonds is 9. The van der Waals surface area contributed by atoms with Gasteiger partial charge in [-0.05, 0) is 37.4 Å². The Balaban J connectivity index is 2.17. The molecule has 170 valence electrons. The summed E-state index contributed by atoms with van der Waals surface area (Å²) in [6, 6.07) is 9.50. The maximum atomic E-state index is 13.2. The van der Waals surface area contributed by atoms with Crippen LogP contribution in [-0.2, 0) is 9.59 Å².